The summed E-state index contributed by atoms with van der Waals surface area (Å²) in [5, 5.41) is 0.707. The van der Waals surface area contributed by atoms with E-state index in [-0.39, 0.29) is 41.9 Å². The van der Waals surface area contributed by atoms with Gasteiger partial charge in [0.15, 0.2) is 0 Å². The van der Waals surface area contributed by atoms with Crippen LogP contribution in [0.25, 0.3) is 10.9 Å². The highest BCUT2D eigenvalue weighted by molar-refractivity contribution is 9.11. The molecule has 152 valence electrons. The van der Waals surface area contributed by atoms with Gasteiger partial charge in [-0.05, 0) is 34.1 Å². The number of fused-ring (bicyclic) bond motifs is 1. The zero-order valence-electron chi connectivity index (χ0n) is 15.5. The van der Waals surface area contributed by atoms with Gasteiger partial charge in [0.25, 0.3) is 21.5 Å². The second kappa shape index (κ2) is 7.67. The predicted molar refractivity (Wildman–Crippen MR) is 116 cm³/mol. The van der Waals surface area contributed by atoms with Crippen molar-refractivity contribution in [2.24, 2.45) is 7.05 Å². The maximum Gasteiger partial charge on any atom is 0.254 e. The van der Waals surface area contributed by atoms with Crippen molar-refractivity contribution >= 4 is 54.1 Å². The van der Waals surface area contributed by atoms with Gasteiger partial charge in [0.05, 0.1) is 14.9 Å². The van der Waals surface area contributed by atoms with Crippen molar-refractivity contribution in [3.05, 3.63) is 62.2 Å². The minimum Gasteiger partial charge on any atom is -0.336 e. The third-order valence-electron chi connectivity index (χ3n) is 5.05. The van der Waals surface area contributed by atoms with Gasteiger partial charge in [0, 0.05) is 44.7 Å². The molecular formula is C19H18BrN3O4S2. The van der Waals surface area contributed by atoms with E-state index in [9.17, 15) is 18.0 Å². The molecule has 3 heterocycles. The fourth-order valence-electron chi connectivity index (χ4n) is 3.45. The second-order valence-electron chi connectivity index (χ2n) is 6.73. The monoisotopic (exact) mass is 495 g/mol. The number of sulfonamides is 1. The van der Waals surface area contributed by atoms with Crippen molar-refractivity contribution in [2.45, 2.75) is 4.21 Å². The Hall–Kier alpha value is -2.01. The Morgan fingerprint density at radius 3 is 2.41 bits per heavy atom. The van der Waals surface area contributed by atoms with Gasteiger partial charge in [-0.15, -0.1) is 11.3 Å². The second-order valence-corrected chi connectivity index (χ2v) is 11.4. The van der Waals surface area contributed by atoms with Crippen LogP contribution < -0.4 is 5.56 Å². The lowest BCUT2D eigenvalue weighted by Gasteiger charge is -2.34. The minimum atomic E-state index is -3.57. The normalized spacial score (nSPS) is 15.7. The average molecular weight is 496 g/mol. The van der Waals surface area contributed by atoms with Crippen molar-refractivity contribution in [3.63, 3.8) is 0 Å². The van der Waals surface area contributed by atoms with E-state index in [2.05, 4.69) is 15.9 Å². The number of hydrogen-bond donors (Lipinski definition) is 0. The van der Waals surface area contributed by atoms with Crippen molar-refractivity contribution in [2.75, 3.05) is 26.2 Å². The Labute approximate surface area is 180 Å². The molecule has 1 aliphatic heterocycles. The van der Waals surface area contributed by atoms with Crippen LogP contribution in [-0.2, 0) is 17.1 Å². The van der Waals surface area contributed by atoms with Gasteiger partial charge in [-0.1, -0.05) is 18.2 Å². The highest BCUT2D eigenvalue weighted by Crippen LogP contribution is 2.29. The van der Waals surface area contributed by atoms with Crippen LogP contribution in [0.4, 0.5) is 0 Å². The zero-order chi connectivity index (χ0) is 20.8. The van der Waals surface area contributed by atoms with Gasteiger partial charge in [0.2, 0.25) is 0 Å². The minimum absolute atomic E-state index is 0.215. The Bertz CT molecular complexity index is 1260. The molecule has 3 aromatic rings. The average Bonchev–Trinajstić information content (AvgIpc) is 3.17. The van der Waals surface area contributed by atoms with E-state index in [0.717, 1.165) is 3.79 Å². The Morgan fingerprint density at radius 2 is 1.76 bits per heavy atom. The van der Waals surface area contributed by atoms with E-state index >= 15 is 0 Å². The molecule has 1 aromatic carbocycles. The Morgan fingerprint density at radius 1 is 1.07 bits per heavy atom. The van der Waals surface area contributed by atoms with Gasteiger partial charge in [-0.3, -0.25) is 9.59 Å². The third kappa shape index (κ3) is 3.65. The molecular weight excluding hydrogens is 478 g/mol. The standard InChI is InChI=1S/C19H18BrN3O4S2/c1-21-15-5-3-2-4-13(15)14(12-17(21)24)19(25)22-8-10-23(11-9-22)29(26,27)18-7-6-16(20)28-18/h2-7,12H,8-11H2,1H3. The number of aromatic nitrogens is 1. The molecule has 1 fully saturated rings. The summed E-state index contributed by atoms with van der Waals surface area (Å²) in [4.78, 5) is 27.0. The SMILES string of the molecule is Cn1c(=O)cc(C(=O)N2CCN(S(=O)(=O)c3ccc(Br)s3)CC2)c2ccccc21. The Kier molecular flexibility index (Phi) is 5.36. The molecule has 7 nitrogen and oxygen atoms in total. The van der Waals surface area contributed by atoms with Gasteiger partial charge < -0.3 is 9.47 Å². The molecule has 4 rings (SSSR count). The van der Waals surface area contributed by atoms with Gasteiger partial charge in [-0.2, -0.15) is 4.31 Å². The summed E-state index contributed by atoms with van der Waals surface area (Å²) in [6, 6.07) is 11.9. The molecule has 1 saturated heterocycles. The summed E-state index contributed by atoms with van der Waals surface area (Å²) in [5.41, 5.74) is 0.784. The lowest BCUT2D eigenvalue weighted by molar-refractivity contribution is 0.0699. The molecule has 2 aromatic heterocycles. The molecule has 0 radical (unpaired) electrons. The smallest absolute Gasteiger partial charge is 0.254 e. The number of halogens is 1. The number of pyridine rings is 1. The molecule has 0 unspecified atom stereocenters. The quantitative estimate of drug-likeness (QED) is 0.559. The van der Waals surface area contributed by atoms with E-state index in [1.807, 2.05) is 18.2 Å². The van der Waals surface area contributed by atoms with Crippen LogP contribution in [0.15, 0.2) is 55.3 Å². The summed E-state index contributed by atoms with van der Waals surface area (Å²) < 4.78 is 29.5. The summed E-state index contributed by atoms with van der Waals surface area (Å²) in [7, 11) is -1.90. The first-order valence-corrected chi connectivity index (χ1v) is 12.0. The molecule has 0 saturated carbocycles. The van der Waals surface area contributed by atoms with Gasteiger partial charge in [-0.25, -0.2) is 8.42 Å². The molecule has 1 amide bonds. The molecule has 10 heteroatoms. The molecule has 0 spiro atoms. The van der Waals surface area contributed by atoms with Crippen molar-refractivity contribution < 1.29 is 13.2 Å². The number of rotatable bonds is 3. The number of piperazine rings is 1. The molecule has 0 N–H and O–H groups in total. The van der Waals surface area contributed by atoms with Crippen LogP contribution >= 0.6 is 27.3 Å². The maximum atomic E-state index is 13.1. The lowest BCUT2D eigenvalue weighted by atomic mass is 10.1. The number of carbonyl (C=O) groups is 1. The van der Waals surface area contributed by atoms with Gasteiger partial charge in [0.1, 0.15) is 4.21 Å². The number of hydrogen-bond acceptors (Lipinski definition) is 5. The van der Waals surface area contributed by atoms with Gasteiger partial charge >= 0.3 is 0 Å². The number of amides is 1. The highest BCUT2D eigenvalue weighted by atomic mass is 79.9. The van der Waals surface area contributed by atoms with E-state index in [1.54, 1.807) is 30.1 Å². The number of nitrogens with zero attached hydrogens (tertiary/aromatic N) is 3. The van der Waals surface area contributed by atoms with Crippen LogP contribution in [0.5, 0.6) is 0 Å². The number of carbonyl (C=O) groups excluding carboxylic acids is 1. The largest absolute Gasteiger partial charge is 0.336 e. The van der Waals surface area contributed by atoms with Crippen LogP contribution in [0.1, 0.15) is 10.4 Å². The molecule has 1 aliphatic rings. The summed E-state index contributed by atoms with van der Waals surface area (Å²) in [5.74, 6) is -0.255. The van der Waals surface area contributed by atoms with Crippen LogP contribution in [0, 0.1) is 0 Å². The summed E-state index contributed by atoms with van der Waals surface area (Å²) >= 11 is 4.46. The highest BCUT2D eigenvalue weighted by Gasteiger charge is 2.32. The van der Waals surface area contributed by atoms with E-state index < -0.39 is 10.0 Å². The zero-order valence-corrected chi connectivity index (χ0v) is 18.8. The molecule has 29 heavy (non-hydrogen) atoms. The lowest BCUT2D eigenvalue weighted by Crippen LogP contribution is -2.50. The number of benzene rings is 1. The first-order valence-electron chi connectivity index (χ1n) is 8.92. The van der Waals surface area contributed by atoms with E-state index in [0.29, 0.717) is 16.5 Å². The molecule has 0 aliphatic carbocycles. The van der Waals surface area contributed by atoms with Crippen LogP contribution in [0.2, 0.25) is 0 Å². The van der Waals surface area contributed by atoms with Crippen molar-refractivity contribution in [1.82, 2.24) is 13.8 Å². The first kappa shape index (κ1) is 20.3. The number of para-hydroxylation sites is 1. The third-order valence-corrected chi connectivity index (χ3v) is 9.04. The maximum absolute atomic E-state index is 13.1. The van der Waals surface area contributed by atoms with Crippen molar-refractivity contribution in [3.8, 4) is 0 Å². The Balaban J connectivity index is 1.57. The predicted octanol–water partition coefficient (Wildman–Crippen LogP) is 2.51. The fourth-order valence-corrected chi connectivity index (χ4v) is 7.04. The number of thiophene rings is 1. The first-order chi connectivity index (χ1) is 13.8. The van der Waals surface area contributed by atoms with Crippen LogP contribution in [-0.4, -0.2) is 54.3 Å². The van der Waals surface area contributed by atoms with E-state index in [1.165, 1.54) is 26.3 Å². The summed E-state index contributed by atoms with van der Waals surface area (Å²) in [6.45, 7) is 0.973. The van der Waals surface area contributed by atoms with E-state index in [4.69, 9.17) is 0 Å². The van der Waals surface area contributed by atoms with Crippen molar-refractivity contribution in [1.29, 1.82) is 0 Å². The fraction of sp³-hybridized carbons (Fsp3) is 0.263. The number of aryl methyl sites for hydroxylation is 1. The molecule has 0 atom stereocenters. The molecule has 0 bridgehead atoms. The summed E-state index contributed by atoms with van der Waals surface area (Å²) in [6.07, 6.45) is 0. The van der Waals surface area contributed by atoms with Crippen LogP contribution in [0.3, 0.4) is 0 Å². The topological polar surface area (TPSA) is 79.7 Å².